The van der Waals surface area contributed by atoms with Gasteiger partial charge in [0.2, 0.25) is 0 Å². The Kier molecular flexibility index (Phi) is 5.54. The molecule has 1 aromatic carbocycles. The first-order valence-corrected chi connectivity index (χ1v) is 10.3. The Hall–Kier alpha value is -3.24. The summed E-state index contributed by atoms with van der Waals surface area (Å²) in [6.07, 6.45) is 1.36. The van der Waals surface area contributed by atoms with Crippen molar-refractivity contribution in [3.8, 4) is 5.75 Å². The largest absolute Gasteiger partial charge is 0.497 e. The van der Waals surface area contributed by atoms with Crippen molar-refractivity contribution < 1.29 is 14.3 Å². The first-order valence-electron chi connectivity index (χ1n) is 8.56. The molecule has 148 valence electrons. The highest BCUT2D eigenvalue weighted by molar-refractivity contribution is 7.16. The van der Waals surface area contributed by atoms with Gasteiger partial charge in [-0.05, 0) is 35.7 Å². The maximum Gasteiger partial charge on any atom is 0.326 e. The number of carbonyl (C=O) groups is 1. The van der Waals surface area contributed by atoms with Crippen LogP contribution in [0.1, 0.15) is 5.69 Å². The van der Waals surface area contributed by atoms with Gasteiger partial charge in [-0.1, -0.05) is 0 Å². The molecule has 3 heterocycles. The van der Waals surface area contributed by atoms with Crippen molar-refractivity contribution in [2.45, 2.75) is 13.2 Å². The molecule has 0 spiro atoms. The Morgan fingerprint density at radius 2 is 2.03 bits per heavy atom. The van der Waals surface area contributed by atoms with Gasteiger partial charge in [-0.2, -0.15) is 0 Å². The highest BCUT2D eigenvalue weighted by Crippen LogP contribution is 2.23. The number of aromatic nitrogens is 3. The molecule has 4 aromatic rings. The van der Waals surface area contributed by atoms with Crippen LogP contribution in [-0.2, 0) is 22.7 Å². The van der Waals surface area contributed by atoms with Gasteiger partial charge >= 0.3 is 5.97 Å². The van der Waals surface area contributed by atoms with Crippen LogP contribution in [0.2, 0.25) is 0 Å². The molecule has 0 aliphatic rings. The van der Waals surface area contributed by atoms with Crippen LogP contribution in [0, 0.1) is 0 Å². The zero-order valence-corrected chi connectivity index (χ0v) is 17.0. The molecular weight excluding hydrogens is 412 g/mol. The fourth-order valence-electron chi connectivity index (χ4n) is 2.57. The molecule has 0 atom stereocenters. The smallest absolute Gasteiger partial charge is 0.326 e. The number of thiazole rings is 1. The highest BCUT2D eigenvalue weighted by atomic mass is 32.1. The van der Waals surface area contributed by atoms with E-state index in [1.54, 1.807) is 18.6 Å². The van der Waals surface area contributed by atoms with E-state index in [0.717, 1.165) is 11.4 Å². The predicted octanol–water partition coefficient (Wildman–Crippen LogP) is 3.41. The second kappa shape index (κ2) is 8.41. The number of thiophene rings is 1. The molecule has 8 nitrogen and oxygen atoms in total. The van der Waals surface area contributed by atoms with Crippen molar-refractivity contribution in [2.75, 3.05) is 12.4 Å². The van der Waals surface area contributed by atoms with Crippen molar-refractivity contribution in [3.63, 3.8) is 0 Å². The molecule has 0 saturated heterocycles. The van der Waals surface area contributed by atoms with Crippen molar-refractivity contribution in [1.82, 2.24) is 14.5 Å². The normalized spacial score (nSPS) is 10.8. The van der Waals surface area contributed by atoms with Gasteiger partial charge in [0.15, 0.2) is 5.13 Å². The van der Waals surface area contributed by atoms with Gasteiger partial charge in [0.25, 0.3) is 5.56 Å². The fraction of sp³-hybridized carbons (Fsp3) is 0.158. The minimum absolute atomic E-state index is 0.0303. The number of hydrogen-bond acceptors (Lipinski definition) is 9. The SMILES string of the molecule is COc1ccc(Nc2nc(COC(=O)Cn3cnc4sccc4c3=O)cs2)cc1. The second-order valence-electron chi connectivity index (χ2n) is 5.98. The monoisotopic (exact) mass is 428 g/mol. The zero-order valence-electron chi connectivity index (χ0n) is 15.3. The number of rotatable bonds is 7. The average molecular weight is 428 g/mol. The lowest BCUT2D eigenvalue weighted by Crippen LogP contribution is -2.25. The van der Waals surface area contributed by atoms with Crippen LogP contribution in [0.25, 0.3) is 10.2 Å². The molecular formula is C19H16N4O4S2. The number of carbonyl (C=O) groups excluding carboxylic acids is 1. The molecule has 0 bridgehead atoms. The van der Waals surface area contributed by atoms with E-state index in [9.17, 15) is 9.59 Å². The van der Waals surface area contributed by atoms with E-state index in [2.05, 4.69) is 15.3 Å². The molecule has 0 aliphatic heterocycles. The Bertz CT molecular complexity index is 1200. The fourth-order valence-corrected chi connectivity index (χ4v) is 4.01. The van der Waals surface area contributed by atoms with E-state index in [1.165, 1.54) is 33.6 Å². The topological polar surface area (TPSA) is 95.3 Å². The Morgan fingerprint density at radius 1 is 1.21 bits per heavy atom. The van der Waals surface area contributed by atoms with Crippen LogP contribution in [0.15, 0.2) is 52.2 Å². The van der Waals surface area contributed by atoms with Crippen molar-refractivity contribution in [2.24, 2.45) is 0 Å². The number of nitrogens with zero attached hydrogens (tertiary/aromatic N) is 3. The summed E-state index contributed by atoms with van der Waals surface area (Å²) in [6.45, 7) is -0.165. The van der Waals surface area contributed by atoms with Crippen LogP contribution in [0.3, 0.4) is 0 Å². The third-order valence-electron chi connectivity index (χ3n) is 4.02. The minimum atomic E-state index is -0.527. The molecule has 3 aromatic heterocycles. The van der Waals surface area contributed by atoms with Gasteiger partial charge in [0, 0.05) is 11.1 Å². The lowest BCUT2D eigenvalue weighted by molar-refractivity contribution is -0.145. The van der Waals surface area contributed by atoms with E-state index < -0.39 is 5.97 Å². The molecule has 1 N–H and O–H groups in total. The van der Waals surface area contributed by atoms with E-state index >= 15 is 0 Å². The van der Waals surface area contributed by atoms with Crippen molar-refractivity contribution >= 4 is 49.7 Å². The number of esters is 1. The standard InChI is InChI=1S/C19H16N4O4S2/c1-26-14-4-2-12(3-5-14)21-19-22-13(10-29-19)9-27-16(24)8-23-11-20-17-15(18(23)25)6-7-28-17/h2-7,10-11H,8-9H2,1H3,(H,21,22). The molecule has 4 rings (SSSR count). The first kappa shape index (κ1) is 19.1. The summed E-state index contributed by atoms with van der Waals surface area (Å²) in [5.41, 5.74) is 1.24. The summed E-state index contributed by atoms with van der Waals surface area (Å²) in [6, 6.07) is 9.17. The number of anilines is 2. The third kappa shape index (κ3) is 4.44. The Morgan fingerprint density at radius 3 is 2.83 bits per heavy atom. The summed E-state index contributed by atoms with van der Waals surface area (Å²) >= 11 is 2.79. The van der Waals surface area contributed by atoms with Crippen LogP contribution in [0.5, 0.6) is 5.75 Å². The number of nitrogens with one attached hydrogen (secondary N) is 1. The van der Waals surface area contributed by atoms with E-state index in [4.69, 9.17) is 9.47 Å². The number of benzene rings is 1. The number of methoxy groups -OCH3 is 1. The third-order valence-corrected chi connectivity index (χ3v) is 5.65. The first-order chi connectivity index (χ1) is 14.1. The number of hydrogen-bond donors (Lipinski definition) is 1. The molecule has 29 heavy (non-hydrogen) atoms. The molecule has 0 radical (unpaired) electrons. The van der Waals surface area contributed by atoms with Gasteiger partial charge in [-0.25, -0.2) is 9.97 Å². The van der Waals surface area contributed by atoms with Gasteiger partial charge in [-0.3, -0.25) is 14.2 Å². The minimum Gasteiger partial charge on any atom is -0.497 e. The van der Waals surface area contributed by atoms with Crippen molar-refractivity contribution in [1.29, 1.82) is 0 Å². The lowest BCUT2D eigenvalue weighted by Gasteiger charge is -2.06. The lowest BCUT2D eigenvalue weighted by atomic mass is 10.3. The summed E-state index contributed by atoms with van der Waals surface area (Å²) in [5, 5.41) is 7.97. The maximum atomic E-state index is 12.3. The summed E-state index contributed by atoms with van der Waals surface area (Å²) in [4.78, 5) is 33.6. The van der Waals surface area contributed by atoms with E-state index in [1.807, 2.05) is 29.6 Å². The van der Waals surface area contributed by atoms with Crippen LogP contribution in [-0.4, -0.2) is 27.6 Å². The summed E-state index contributed by atoms with van der Waals surface area (Å²) < 4.78 is 11.6. The quantitative estimate of drug-likeness (QED) is 0.451. The molecule has 0 aliphatic carbocycles. The Balaban J connectivity index is 1.33. The van der Waals surface area contributed by atoms with Crippen LogP contribution >= 0.6 is 22.7 Å². The van der Waals surface area contributed by atoms with Crippen LogP contribution in [0.4, 0.5) is 10.8 Å². The van der Waals surface area contributed by atoms with Gasteiger partial charge in [0.1, 0.15) is 23.7 Å². The molecule has 0 unspecified atom stereocenters. The van der Waals surface area contributed by atoms with Crippen molar-refractivity contribution in [3.05, 3.63) is 63.5 Å². The highest BCUT2D eigenvalue weighted by Gasteiger charge is 2.11. The van der Waals surface area contributed by atoms with Crippen LogP contribution < -0.4 is 15.6 Å². The number of ether oxygens (including phenoxy) is 2. The zero-order chi connectivity index (χ0) is 20.2. The summed E-state index contributed by atoms with van der Waals surface area (Å²) in [7, 11) is 1.62. The van der Waals surface area contributed by atoms with E-state index in [-0.39, 0.29) is 18.7 Å². The molecule has 0 amide bonds. The molecule has 0 fully saturated rings. The average Bonchev–Trinajstić information content (AvgIpc) is 3.39. The molecule has 10 heteroatoms. The van der Waals surface area contributed by atoms with E-state index in [0.29, 0.717) is 21.0 Å². The van der Waals surface area contributed by atoms with Gasteiger partial charge in [0.05, 0.1) is 24.5 Å². The van der Waals surface area contributed by atoms with Gasteiger partial charge in [-0.15, -0.1) is 22.7 Å². The predicted molar refractivity (Wildman–Crippen MR) is 112 cm³/mol. The second-order valence-corrected chi connectivity index (χ2v) is 7.73. The summed E-state index contributed by atoms with van der Waals surface area (Å²) in [5.74, 6) is 0.246. The Labute approximate surface area is 173 Å². The maximum absolute atomic E-state index is 12.3. The number of fused-ring (bicyclic) bond motifs is 1. The molecule has 0 saturated carbocycles. The van der Waals surface area contributed by atoms with Gasteiger partial charge < -0.3 is 14.8 Å².